The summed E-state index contributed by atoms with van der Waals surface area (Å²) < 4.78 is 1.81. The van der Waals surface area contributed by atoms with Crippen LogP contribution < -0.4 is 5.32 Å². The monoisotopic (exact) mass is 350 g/mol. The van der Waals surface area contributed by atoms with Gasteiger partial charge in [0.1, 0.15) is 5.82 Å². The lowest BCUT2D eigenvalue weighted by Gasteiger charge is -2.31. The fraction of sp³-hybridized carbons (Fsp3) is 0.450. The standard InChI is InChI=1S/C20H26N6/c1-25(17-10-6-3-7-11-17)15-14-21-18-12-13-19-22-23-20(26(19)24-18)16-8-4-2-5-9-16/h2,4-5,8-9,12-13,17H,3,6-7,10-11,14-15H2,1H3,(H,21,24). The number of hydrogen-bond acceptors (Lipinski definition) is 5. The van der Waals surface area contributed by atoms with Crippen molar-refractivity contribution in [3.63, 3.8) is 0 Å². The van der Waals surface area contributed by atoms with Gasteiger partial charge in [-0.1, -0.05) is 49.6 Å². The Kier molecular flexibility index (Phi) is 5.11. The molecule has 2 aromatic heterocycles. The summed E-state index contributed by atoms with van der Waals surface area (Å²) in [6.07, 6.45) is 6.81. The maximum absolute atomic E-state index is 4.68. The number of aromatic nitrogens is 4. The maximum atomic E-state index is 4.68. The van der Waals surface area contributed by atoms with Gasteiger partial charge in [-0.3, -0.25) is 0 Å². The first-order chi connectivity index (χ1) is 12.8. The van der Waals surface area contributed by atoms with Gasteiger partial charge >= 0.3 is 0 Å². The molecule has 0 radical (unpaired) electrons. The highest BCUT2D eigenvalue weighted by molar-refractivity contribution is 5.59. The maximum Gasteiger partial charge on any atom is 0.185 e. The van der Waals surface area contributed by atoms with Crippen molar-refractivity contribution in [1.29, 1.82) is 0 Å². The van der Waals surface area contributed by atoms with E-state index in [1.54, 1.807) is 0 Å². The minimum Gasteiger partial charge on any atom is -0.367 e. The molecule has 6 nitrogen and oxygen atoms in total. The molecule has 0 amide bonds. The number of anilines is 1. The number of fused-ring (bicyclic) bond motifs is 1. The summed E-state index contributed by atoms with van der Waals surface area (Å²) in [5.74, 6) is 1.62. The Morgan fingerprint density at radius 1 is 1.04 bits per heavy atom. The van der Waals surface area contributed by atoms with Crippen molar-refractivity contribution >= 4 is 11.5 Å². The van der Waals surface area contributed by atoms with Crippen LogP contribution in [0.5, 0.6) is 0 Å². The smallest absolute Gasteiger partial charge is 0.185 e. The van der Waals surface area contributed by atoms with E-state index in [2.05, 4.69) is 32.6 Å². The fourth-order valence-corrected chi connectivity index (χ4v) is 3.72. The van der Waals surface area contributed by atoms with Gasteiger partial charge in [0.05, 0.1) is 0 Å². The van der Waals surface area contributed by atoms with Gasteiger partial charge in [-0.2, -0.15) is 4.52 Å². The molecule has 26 heavy (non-hydrogen) atoms. The largest absolute Gasteiger partial charge is 0.367 e. The first-order valence-corrected chi connectivity index (χ1v) is 9.53. The number of hydrogen-bond donors (Lipinski definition) is 1. The molecular formula is C20H26N6. The minimum absolute atomic E-state index is 0.739. The topological polar surface area (TPSA) is 58.3 Å². The molecule has 0 spiro atoms. The van der Waals surface area contributed by atoms with Gasteiger partial charge in [0.25, 0.3) is 0 Å². The number of rotatable bonds is 6. The molecule has 0 unspecified atom stereocenters. The Morgan fingerprint density at radius 2 is 1.85 bits per heavy atom. The third kappa shape index (κ3) is 3.70. The molecule has 6 heteroatoms. The van der Waals surface area contributed by atoms with Crippen LogP contribution in [-0.2, 0) is 0 Å². The summed E-state index contributed by atoms with van der Waals surface area (Å²) in [5.41, 5.74) is 1.77. The predicted octanol–water partition coefficient (Wildman–Crippen LogP) is 3.47. The molecule has 1 fully saturated rings. The van der Waals surface area contributed by atoms with Crippen LogP contribution in [-0.4, -0.2) is 50.9 Å². The minimum atomic E-state index is 0.739. The van der Waals surface area contributed by atoms with Crippen LogP contribution in [0.3, 0.4) is 0 Å². The summed E-state index contributed by atoms with van der Waals surface area (Å²) in [7, 11) is 2.24. The lowest BCUT2D eigenvalue weighted by molar-refractivity contribution is 0.198. The van der Waals surface area contributed by atoms with Crippen LogP contribution in [0.4, 0.5) is 5.82 Å². The second-order valence-corrected chi connectivity index (χ2v) is 7.08. The molecule has 0 atom stereocenters. The van der Waals surface area contributed by atoms with Crippen molar-refractivity contribution in [2.24, 2.45) is 0 Å². The quantitative estimate of drug-likeness (QED) is 0.738. The third-order valence-corrected chi connectivity index (χ3v) is 5.26. The molecule has 4 rings (SSSR count). The zero-order chi connectivity index (χ0) is 17.8. The van der Waals surface area contributed by atoms with Gasteiger partial charge in [0.15, 0.2) is 11.5 Å². The second-order valence-electron chi connectivity index (χ2n) is 7.08. The first kappa shape index (κ1) is 17.0. The van der Waals surface area contributed by atoms with Crippen LogP contribution in [0.15, 0.2) is 42.5 Å². The van der Waals surface area contributed by atoms with Gasteiger partial charge in [0.2, 0.25) is 0 Å². The molecule has 1 aromatic carbocycles. The van der Waals surface area contributed by atoms with Crippen LogP contribution in [0.25, 0.3) is 17.0 Å². The van der Waals surface area contributed by atoms with E-state index in [1.807, 2.05) is 47.0 Å². The summed E-state index contributed by atoms with van der Waals surface area (Å²) in [6, 6.07) is 14.7. The second kappa shape index (κ2) is 7.83. The molecule has 3 aromatic rings. The Balaban J connectivity index is 1.42. The van der Waals surface area contributed by atoms with E-state index in [1.165, 1.54) is 32.1 Å². The summed E-state index contributed by atoms with van der Waals surface area (Å²) in [4.78, 5) is 2.48. The van der Waals surface area contributed by atoms with Crippen molar-refractivity contribution in [2.75, 3.05) is 25.5 Å². The first-order valence-electron chi connectivity index (χ1n) is 9.53. The van der Waals surface area contributed by atoms with Crippen LogP contribution >= 0.6 is 0 Å². The van der Waals surface area contributed by atoms with E-state index in [-0.39, 0.29) is 0 Å². The number of benzene rings is 1. The summed E-state index contributed by atoms with van der Waals surface area (Å²) in [5, 5.41) is 16.6. The van der Waals surface area contributed by atoms with E-state index in [0.29, 0.717) is 0 Å². The number of nitrogens with zero attached hydrogens (tertiary/aromatic N) is 5. The van der Waals surface area contributed by atoms with E-state index >= 15 is 0 Å². The molecule has 0 aliphatic heterocycles. The lowest BCUT2D eigenvalue weighted by atomic mass is 9.94. The van der Waals surface area contributed by atoms with Crippen molar-refractivity contribution in [3.8, 4) is 11.4 Å². The van der Waals surface area contributed by atoms with Crippen LogP contribution in [0, 0.1) is 0 Å². The SMILES string of the molecule is CN(CCNc1ccc2nnc(-c3ccccc3)n2n1)C1CCCCC1. The third-order valence-electron chi connectivity index (χ3n) is 5.26. The fourth-order valence-electron chi connectivity index (χ4n) is 3.72. The molecule has 1 N–H and O–H groups in total. The highest BCUT2D eigenvalue weighted by Gasteiger charge is 2.17. The number of nitrogens with one attached hydrogen (secondary N) is 1. The highest BCUT2D eigenvalue weighted by atomic mass is 15.4. The molecule has 0 bridgehead atoms. The Labute approximate surface area is 154 Å². The van der Waals surface area contributed by atoms with Crippen LogP contribution in [0.1, 0.15) is 32.1 Å². The summed E-state index contributed by atoms with van der Waals surface area (Å²) >= 11 is 0. The Hall–Kier alpha value is -2.47. The molecule has 1 saturated carbocycles. The number of likely N-dealkylation sites (N-methyl/N-ethyl adjacent to an activating group) is 1. The van der Waals surface area contributed by atoms with Gasteiger partial charge in [-0.15, -0.1) is 15.3 Å². The molecular weight excluding hydrogens is 324 g/mol. The lowest BCUT2D eigenvalue weighted by Crippen LogP contribution is -2.36. The molecule has 1 aliphatic rings. The Bertz CT molecular complexity index is 838. The predicted molar refractivity (Wildman–Crippen MR) is 104 cm³/mol. The van der Waals surface area contributed by atoms with Crippen molar-refractivity contribution in [2.45, 2.75) is 38.1 Å². The van der Waals surface area contributed by atoms with E-state index in [9.17, 15) is 0 Å². The van der Waals surface area contributed by atoms with Gasteiger partial charge in [-0.25, -0.2) is 0 Å². The molecule has 136 valence electrons. The van der Waals surface area contributed by atoms with E-state index in [0.717, 1.165) is 42.0 Å². The normalized spacial score (nSPS) is 15.6. The molecule has 1 aliphatic carbocycles. The van der Waals surface area contributed by atoms with Gasteiger partial charge < -0.3 is 10.2 Å². The van der Waals surface area contributed by atoms with Gasteiger partial charge in [-0.05, 0) is 32.0 Å². The van der Waals surface area contributed by atoms with Crippen molar-refractivity contribution < 1.29 is 0 Å². The average molecular weight is 350 g/mol. The van der Waals surface area contributed by atoms with E-state index in [4.69, 9.17) is 0 Å². The molecule has 2 heterocycles. The summed E-state index contributed by atoms with van der Waals surface area (Å²) in [6.45, 7) is 1.91. The van der Waals surface area contributed by atoms with E-state index < -0.39 is 0 Å². The Morgan fingerprint density at radius 3 is 2.65 bits per heavy atom. The highest BCUT2D eigenvalue weighted by Crippen LogP contribution is 2.21. The average Bonchev–Trinajstić information content (AvgIpc) is 3.12. The zero-order valence-electron chi connectivity index (χ0n) is 15.3. The van der Waals surface area contributed by atoms with Crippen LogP contribution in [0.2, 0.25) is 0 Å². The van der Waals surface area contributed by atoms with Gasteiger partial charge in [0, 0.05) is 24.7 Å². The van der Waals surface area contributed by atoms with Crippen molar-refractivity contribution in [1.82, 2.24) is 24.7 Å². The molecule has 0 saturated heterocycles. The zero-order valence-corrected chi connectivity index (χ0v) is 15.3. The van der Waals surface area contributed by atoms with Crippen molar-refractivity contribution in [3.05, 3.63) is 42.5 Å².